The van der Waals surface area contributed by atoms with Crippen LogP contribution in [-0.4, -0.2) is 0 Å². The molecule has 2 aliphatic rings. The first-order valence-corrected chi connectivity index (χ1v) is 24.0. The normalized spacial score (nSPS) is 14.3. The summed E-state index contributed by atoms with van der Waals surface area (Å²) < 4.78 is 0. The Morgan fingerprint density at radius 1 is 0.379 bits per heavy atom. The van der Waals surface area contributed by atoms with Gasteiger partial charge in [-0.25, -0.2) is 0 Å². The van der Waals surface area contributed by atoms with E-state index in [-0.39, 0.29) is 5.41 Å². The second-order valence-corrected chi connectivity index (χ2v) is 19.0. The Bertz CT molecular complexity index is 3410. The molecule has 1 saturated carbocycles. The minimum atomic E-state index is -0.101. The topological polar surface area (TPSA) is 3.24 Å². The smallest absolute Gasteiger partial charge is 0.0540 e. The predicted octanol–water partition coefficient (Wildman–Crippen LogP) is 18.5. The molecular formula is C65H53N. The van der Waals surface area contributed by atoms with Crippen LogP contribution in [0.3, 0.4) is 0 Å². The van der Waals surface area contributed by atoms with Gasteiger partial charge in [0.1, 0.15) is 0 Å². The van der Waals surface area contributed by atoms with Crippen LogP contribution in [0.15, 0.2) is 218 Å². The molecule has 0 spiro atoms. The molecular weight excluding hydrogens is 795 g/mol. The van der Waals surface area contributed by atoms with Crippen molar-refractivity contribution in [3.63, 3.8) is 0 Å². The standard InChI is InChI=1S/C65H53N/c1-65(2)59-32-11-8-27-58(59)64-57(31-17-33-60(64)65)55-26-10-13-35-62(55)66(50-42-40-45(41-43-50)44-36-38-48(39-37-44)52-28-14-21-46-20-6-7-24-51(46)52)61-34-12-9-25-54(61)56-30-16-23-49-22-15-29-53(63(49)56)47-18-4-3-5-19-47/h6-17,20-43,47H,3-5,18-19H2,1-2H3. The summed E-state index contributed by atoms with van der Waals surface area (Å²) in [5.74, 6) is 0.577. The molecule has 10 aromatic carbocycles. The van der Waals surface area contributed by atoms with Gasteiger partial charge in [0.2, 0.25) is 0 Å². The Hall–Kier alpha value is -7.48. The van der Waals surface area contributed by atoms with Gasteiger partial charge in [-0.05, 0) is 126 Å². The maximum Gasteiger partial charge on any atom is 0.0540 e. The van der Waals surface area contributed by atoms with E-state index in [4.69, 9.17) is 0 Å². The van der Waals surface area contributed by atoms with Crippen LogP contribution >= 0.6 is 0 Å². The first-order valence-electron chi connectivity index (χ1n) is 24.0. The van der Waals surface area contributed by atoms with Crippen LogP contribution in [0.2, 0.25) is 0 Å². The second-order valence-electron chi connectivity index (χ2n) is 19.0. The molecule has 1 nitrogen and oxygen atoms in total. The zero-order valence-corrected chi connectivity index (χ0v) is 37.8. The lowest BCUT2D eigenvalue weighted by Gasteiger charge is -2.31. The first kappa shape index (κ1) is 40.1. The highest BCUT2D eigenvalue weighted by atomic mass is 15.1. The van der Waals surface area contributed by atoms with E-state index >= 15 is 0 Å². The number of fused-ring (bicyclic) bond motifs is 5. The number of para-hydroxylation sites is 2. The molecule has 0 bridgehead atoms. The summed E-state index contributed by atoms with van der Waals surface area (Å²) in [6.45, 7) is 4.75. The fraction of sp³-hybridized carbons (Fsp3) is 0.138. The zero-order valence-electron chi connectivity index (χ0n) is 37.8. The Labute approximate surface area is 389 Å². The molecule has 0 atom stereocenters. The molecule has 0 unspecified atom stereocenters. The van der Waals surface area contributed by atoms with E-state index in [0.717, 1.165) is 17.1 Å². The average Bonchev–Trinajstić information content (AvgIpc) is 3.62. The van der Waals surface area contributed by atoms with Gasteiger partial charge in [-0.3, -0.25) is 0 Å². The van der Waals surface area contributed by atoms with E-state index in [2.05, 4.69) is 237 Å². The number of rotatable bonds is 8. The van der Waals surface area contributed by atoms with Crippen molar-refractivity contribution < 1.29 is 0 Å². The van der Waals surface area contributed by atoms with Crippen molar-refractivity contribution in [2.24, 2.45) is 0 Å². The summed E-state index contributed by atoms with van der Waals surface area (Å²) in [4.78, 5) is 2.53. The van der Waals surface area contributed by atoms with E-state index < -0.39 is 0 Å². The molecule has 0 N–H and O–H groups in total. The lowest BCUT2D eigenvalue weighted by atomic mass is 9.80. The first-order chi connectivity index (χ1) is 32.5. The van der Waals surface area contributed by atoms with Gasteiger partial charge in [-0.15, -0.1) is 0 Å². The summed E-state index contributed by atoms with van der Waals surface area (Å²) in [5, 5.41) is 5.25. The lowest BCUT2D eigenvalue weighted by molar-refractivity contribution is 0.445. The summed E-state index contributed by atoms with van der Waals surface area (Å²) >= 11 is 0. The maximum absolute atomic E-state index is 2.53. The van der Waals surface area contributed by atoms with Crippen molar-refractivity contribution in [3.8, 4) is 55.6 Å². The van der Waals surface area contributed by atoms with Crippen molar-refractivity contribution in [3.05, 3.63) is 235 Å². The monoisotopic (exact) mass is 847 g/mol. The van der Waals surface area contributed by atoms with Gasteiger partial charge in [0.05, 0.1) is 11.4 Å². The van der Waals surface area contributed by atoms with Crippen molar-refractivity contribution in [1.29, 1.82) is 0 Å². The molecule has 0 saturated heterocycles. The summed E-state index contributed by atoms with van der Waals surface area (Å²) in [6.07, 6.45) is 6.47. The van der Waals surface area contributed by atoms with Crippen LogP contribution in [0.25, 0.3) is 77.2 Å². The van der Waals surface area contributed by atoms with E-state index in [9.17, 15) is 0 Å². The molecule has 1 heteroatoms. The molecule has 10 aromatic rings. The Morgan fingerprint density at radius 3 is 1.62 bits per heavy atom. The Morgan fingerprint density at radius 2 is 0.879 bits per heavy atom. The van der Waals surface area contributed by atoms with Gasteiger partial charge < -0.3 is 4.90 Å². The van der Waals surface area contributed by atoms with Gasteiger partial charge >= 0.3 is 0 Å². The average molecular weight is 848 g/mol. The molecule has 0 aliphatic heterocycles. The summed E-state index contributed by atoms with van der Waals surface area (Å²) in [5.41, 5.74) is 20.2. The second kappa shape index (κ2) is 16.5. The molecule has 0 radical (unpaired) electrons. The Balaban J connectivity index is 1.03. The van der Waals surface area contributed by atoms with Crippen LogP contribution in [0.4, 0.5) is 17.1 Å². The van der Waals surface area contributed by atoms with E-state index in [1.807, 2.05) is 0 Å². The molecule has 2 aliphatic carbocycles. The van der Waals surface area contributed by atoms with Crippen molar-refractivity contribution in [2.75, 3.05) is 4.90 Å². The third kappa shape index (κ3) is 6.76. The van der Waals surface area contributed by atoms with Crippen LogP contribution < -0.4 is 4.90 Å². The molecule has 0 amide bonds. The highest BCUT2D eigenvalue weighted by Gasteiger charge is 2.37. The van der Waals surface area contributed by atoms with Crippen LogP contribution in [0.1, 0.15) is 68.6 Å². The van der Waals surface area contributed by atoms with E-state index in [1.54, 1.807) is 0 Å². The van der Waals surface area contributed by atoms with Crippen molar-refractivity contribution >= 4 is 38.6 Å². The van der Waals surface area contributed by atoms with Gasteiger partial charge in [0.25, 0.3) is 0 Å². The number of anilines is 3. The fourth-order valence-electron chi connectivity index (χ4n) is 11.7. The number of benzene rings is 10. The maximum atomic E-state index is 2.53. The molecule has 1 fully saturated rings. The van der Waals surface area contributed by atoms with Crippen molar-refractivity contribution in [2.45, 2.75) is 57.3 Å². The lowest BCUT2D eigenvalue weighted by Crippen LogP contribution is -2.15. The minimum Gasteiger partial charge on any atom is -0.309 e. The molecule has 66 heavy (non-hydrogen) atoms. The quantitative estimate of drug-likeness (QED) is 0.147. The third-order valence-corrected chi connectivity index (χ3v) is 14.9. The number of nitrogens with zero attached hydrogens (tertiary/aromatic N) is 1. The Kier molecular flexibility index (Phi) is 10.0. The SMILES string of the molecule is CC1(C)c2ccccc2-c2c(-c3ccccc3N(c3ccc(-c4ccc(-c5cccc6ccccc56)cc4)cc3)c3ccccc3-c3cccc4cccc(C5CCCCC5)c34)cccc21. The van der Waals surface area contributed by atoms with E-state index in [0.29, 0.717) is 5.92 Å². The molecule has 12 rings (SSSR count). The predicted molar refractivity (Wildman–Crippen MR) is 281 cm³/mol. The van der Waals surface area contributed by atoms with Crippen LogP contribution in [-0.2, 0) is 5.41 Å². The van der Waals surface area contributed by atoms with Gasteiger partial charge in [0.15, 0.2) is 0 Å². The number of hydrogen-bond acceptors (Lipinski definition) is 1. The summed E-state index contributed by atoms with van der Waals surface area (Å²) in [7, 11) is 0. The largest absolute Gasteiger partial charge is 0.309 e. The zero-order chi connectivity index (χ0) is 44.2. The highest BCUT2D eigenvalue weighted by molar-refractivity contribution is 6.05. The summed E-state index contributed by atoms with van der Waals surface area (Å²) in [6, 6.07) is 81.7. The molecule has 0 heterocycles. The van der Waals surface area contributed by atoms with Gasteiger partial charge in [-0.1, -0.05) is 227 Å². The molecule has 0 aromatic heterocycles. The fourth-order valence-corrected chi connectivity index (χ4v) is 11.7. The van der Waals surface area contributed by atoms with Gasteiger partial charge in [-0.2, -0.15) is 0 Å². The highest BCUT2D eigenvalue weighted by Crippen LogP contribution is 2.54. The van der Waals surface area contributed by atoms with E-state index in [1.165, 1.54) is 126 Å². The van der Waals surface area contributed by atoms with Crippen molar-refractivity contribution in [1.82, 2.24) is 0 Å². The van der Waals surface area contributed by atoms with Gasteiger partial charge in [0, 0.05) is 22.2 Å². The minimum absolute atomic E-state index is 0.101. The number of hydrogen-bond donors (Lipinski definition) is 0. The van der Waals surface area contributed by atoms with Crippen LogP contribution in [0.5, 0.6) is 0 Å². The van der Waals surface area contributed by atoms with Crippen LogP contribution in [0, 0.1) is 0 Å². The third-order valence-electron chi connectivity index (χ3n) is 14.9. The molecule has 318 valence electrons.